The van der Waals surface area contributed by atoms with Gasteiger partial charge in [0.15, 0.2) is 16.6 Å². The molecule has 164 valence electrons. The van der Waals surface area contributed by atoms with Crippen molar-refractivity contribution in [2.24, 2.45) is 0 Å². The molecule has 0 saturated heterocycles. The average molecular weight is 437 g/mol. The number of phenolic OH excluding ortho intramolecular Hbond substituents is 1. The molecular weight excluding hydrogens is 404 g/mol. The predicted octanol–water partition coefficient (Wildman–Crippen LogP) is 5.38. The van der Waals surface area contributed by atoms with Crippen molar-refractivity contribution in [3.05, 3.63) is 83.5 Å². The summed E-state index contributed by atoms with van der Waals surface area (Å²) in [6.45, 7) is 2.51. The largest absolute Gasteiger partial charge is 0.504 e. The van der Waals surface area contributed by atoms with Crippen LogP contribution in [-0.4, -0.2) is 35.3 Å². The van der Waals surface area contributed by atoms with E-state index in [1.165, 1.54) is 11.1 Å². The van der Waals surface area contributed by atoms with Crippen LogP contribution in [0.4, 0.5) is 0 Å². The monoisotopic (exact) mass is 436 g/mol. The van der Waals surface area contributed by atoms with Crippen LogP contribution in [0.1, 0.15) is 36.8 Å². The third kappa shape index (κ3) is 7.44. The van der Waals surface area contributed by atoms with Crippen molar-refractivity contribution in [3.63, 3.8) is 0 Å². The van der Waals surface area contributed by atoms with Crippen LogP contribution in [-0.2, 0) is 13.0 Å². The minimum Gasteiger partial charge on any atom is -0.504 e. The van der Waals surface area contributed by atoms with Gasteiger partial charge >= 0.3 is 0 Å². The van der Waals surface area contributed by atoms with Crippen LogP contribution >= 0.6 is 12.2 Å². The third-order valence-electron chi connectivity index (χ3n) is 5.46. The minimum absolute atomic E-state index is 0.172. The van der Waals surface area contributed by atoms with E-state index < -0.39 is 0 Å². The van der Waals surface area contributed by atoms with Crippen LogP contribution in [0.25, 0.3) is 0 Å². The fraction of sp³-hybridized carbons (Fsp3) is 0.346. The second-order valence-electron chi connectivity index (χ2n) is 7.79. The Balaban J connectivity index is 1.55. The van der Waals surface area contributed by atoms with Crippen molar-refractivity contribution in [2.75, 3.05) is 20.2 Å². The van der Waals surface area contributed by atoms with Gasteiger partial charge in [-0.3, -0.25) is 0 Å². The highest BCUT2D eigenvalue weighted by Crippen LogP contribution is 2.26. The summed E-state index contributed by atoms with van der Waals surface area (Å²) in [5.74, 6) is 0.689. The molecule has 0 unspecified atom stereocenters. The van der Waals surface area contributed by atoms with Crippen LogP contribution in [0.3, 0.4) is 0 Å². The highest BCUT2D eigenvalue weighted by atomic mass is 32.1. The number of aryl methyl sites for hydroxylation is 1. The summed E-state index contributed by atoms with van der Waals surface area (Å²) in [5.41, 5.74) is 3.87. The quantitative estimate of drug-likeness (QED) is 0.490. The zero-order chi connectivity index (χ0) is 21.9. The number of hydrogen-bond donors (Lipinski definition) is 2. The molecule has 2 aromatic rings. The molecule has 0 atom stereocenters. The van der Waals surface area contributed by atoms with E-state index in [2.05, 4.69) is 52.7 Å². The second kappa shape index (κ2) is 12.2. The minimum atomic E-state index is 0.172. The van der Waals surface area contributed by atoms with E-state index in [1.54, 1.807) is 13.2 Å². The van der Waals surface area contributed by atoms with Crippen LogP contribution in [0.15, 0.2) is 72.3 Å². The third-order valence-corrected chi connectivity index (χ3v) is 5.87. The number of rotatable bonds is 10. The van der Waals surface area contributed by atoms with Crippen molar-refractivity contribution >= 4 is 17.3 Å². The first-order chi connectivity index (χ1) is 15.2. The van der Waals surface area contributed by atoms with Crippen LogP contribution in [0, 0.1) is 0 Å². The van der Waals surface area contributed by atoms with Crippen molar-refractivity contribution in [1.82, 2.24) is 10.2 Å². The lowest BCUT2D eigenvalue weighted by molar-refractivity contribution is 0.372. The van der Waals surface area contributed by atoms with Gasteiger partial charge < -0.3 is 20.1 Å². The first-order valence-electron chi connectivity index (χ1n) is 10.9. The number of nitrogens with one attached hydrogen (secondary N) is 1. The fourth-order valence-corrected chi connectivity index (χ4v) is 3.97. The van der Waals surface area contributed by atoms with Crippen molar-refractivity contribution in [1.29, 1.82) is 0 Å². The van der Waals surface area contributed by atoms with Gasteiger partial charge in [0.1, 0.15) is 0 Å². The Morgan fingerprint density at radius 2 is 1.97 bits per heavy atom. The lowest BCUT2D eigenvalue weighted by atomic mass is 10.0. The van der Waals surface area contributed by atoms with Crippen molar-refractivity contribution in [2.45, 2.75) is 38.6 Å². The van der Waals surface area contributed by atoms with Crippen LogP contribution < -0.4 is 10.1 Å². The maximum absolute atomic E-state index is 9.80. The molecule has 1 aliphatic carbocycles. The predicted molar refractivity (Wildman–Crippen MR) is 132 cm³/mol. The molecule has 0 amide bonds. The number of phenols is 1. The smallest absolute Gasteiger partial charge is 0.169 e. The molecule has 2 N–H and O–H groups in total. The molecule has 0 aromatic heterocycles. The molecule has 1 aliphatic rings. The Morgan fingerprint density at radius 3 is 2.71 bits per heavy atom. The Hall–Kier alpha value is -2.79. The lowest BCUT2D eigenvalue weighted by Crippen LogP contribution is -2.40. The first kappa shape index (κ1) is 22.9. The fourth-order valence-electron chi connectivity index (χ4n) is 3.71. The molecule has 2 aromatic carbocycles. The number of allylic oxidation sites excluding steroid dienone is 3. The summed E-state index contributed by atoms with van der Waals surface area (Å²) in [5, 5.41) is 14.1. The van der Waals surface area contributed by atoms with Crippen molar-refractivity contribution < 1.29 is 9.84 Å². The van der Waals surface area contributed by atoms with Gasteiger partial charge in [0.05, 0.1) is 7.11 Å². The molecule has 0 radical (unpaired) electrons. The molecule has 0 spiro atoms. The van der Waals surface area contributed by atoms with Gasteiger partial charge in [0.2, 0.25) is 0 Å². The van der Waals surface area contributed by atoms with E-state index in [0.29, 0.717) is 5.75 Å². The number of aromatic hydroxyl groups is 1. The molecule has 3 rings (SSSR count). The molecule has 0 bridgehead atoms. The zero-order valence-corrected chi connectivity index (χ0v) is 19.0. The van der Waals surface area contributed by atoms with Crippen LogP contribution in [0.2, 0.25) is 0 Å². The summed E-state index contributed by atoms with van der Waals surface area (Å²) < 4.78 is 5.22. The number of ether oxygens (including phenoxy) is 1. The van der Waals surface area contributed by atoms with E-state index in [-0.39, 0.29) is 5.75 Å². The normalized spacial score (nSPS) is 12.9. The van der Waals surface area contributed by atoms with Gasteiger partial charge in [0.25, 0.3) is 0 Å². The van der Waals surface area contributed by atoms with Gasteiger partial charge in [0, 0.05) is 19.6 Å². The van der Waals surface area contributed by atoms with Gasteiger partial charge in [-0.25, -0.2) is 0 Å². The van der Waals surface area contributed by atoms with E-state index in [1.807, 2.05) is 18.2 Å². The lowest BCUT2D eigenvalue weighted by Gasteiger charge is -2.26. The molecule has 0 aliphatic heterocycles. The van der Waals surface area contributed by atoms with Gasteiger partial charge in [-0.1, -0.05) is 60.2 Å². The molecular formula is C26H32N2O2S. The SMILES string of the molecule is COc1cc(CCCN(Cc2ccccc2)C(=S)NCCC2=CC=CCC2)ccc1O. The Bertz CT molecular complexity index is 909. The summed E-state index contributed by atoms with van der Waals surface area (Å²) >= 11 is 5.76. The number of nitrogens with zero attached hydrogens (tertiary/aromatic N) is 1. The molecule has 4 nitrogen and oxygen atoms in total. The van der Waals surface area contributed by atoms with Gasteiger partial charge in [-0.15, -0.1) is 0 Å². The topological polar surface area (TPSA) is 44.7 Å². The highest BCUT2D eigenvalue weighted by molar-refractivity contribution is 7.80. The van der Waals surface area contributed by atoms with E-state index in [0.717, 1.165) is 62.4 Å². The maximum Gasteiger partial charge on any atom is 0.169 e. The number of thiocarbonyl (C=S) groups is 1. The Kier molecular flexibility index (Phi) is 8.98. The van der Waals surface area contributed by atoms with Crippen LogP contribution in [0.5, 0.6) is 11.5 Å². The molecule has 5 heteroatoms. The van der Waals surface area contributed by atoms with E-state index in [4.69, 9.17) is 17.0 Å². The highest BCUT2D eigenvalue weighted by Gasteiger charge is 2.11. The summed E-state index contributed by atoms with van der Waals surface area (Å²) in [6.07, 6.45) is 11.7. The zero-order valence-electron chi connectivity index (χ0n) is 18.2. The summed E-state index contributed by atoms with van der Waals surface area (Å²) in [4.78, 5) is 2.25. The average Bonchev–Trinajstić information content (AvgIpc) is 2.80. The Labute approximate surface area is 191 Å². The summed E-state index contributed by atoms with van der Waals surface area (Å²) in [7, 11) is 1.57. The van der Waals surface area contributed by atoms with E-state index >= 15 is 0 Å². The van der Waals surface area contributed by atoms with Gasteiger partial charge in [-0.2, -0.15) is 0 Å². The standard InChI is InChI=1S/C26H32N2O2S/c1-30-25-19-22(14-15-24(25)29)13-8-18-28(20-23-11-6-3-7-12-23)26(31)27-17-16-21-9-4-2-5-10-21/h2-4,6-7,9,11-12,14-15,19,29H,5,8,10,13,16-18,20H2,1H3,(H,27,31). The number of hydrogen-bond acceptors (Lipinski definition) is 3. The van der Waals surface area contributed by atoms with Crippen molar-refractivity contribution in [3.8, 4) is 11.5 Å². The molecule has 31 heavy (non-hydrogen) atoms. The summed E-state index contributed by atoms with van der Waals surface area (Å²) in [6, 6.07) is 16.0. The van der Waals surface area contributed by atoms with Gasteiger partial charge in [-0.05, 0) is 67.6 Å². The van der Waals surface area contributed by atoms with E-state index in [9.17, 15) is 5.11 Å². The molecule has 0 heterocycles. The molecule has 0 saturated carbocycles. The number of methoxy groups -OCH3 is 1. The maximum atomic E-state index is 9.80. The first-order valence-corrected chi connectivity index (χ1v) is 11.3. The Morgan fingerprint density at radius 1 is 1.13 bits per heavy atom. The number of benzene rings is 2. The second-order valence-corrected chi connectivity index (χ2v) is 8.18. The molecule has 0 fully saturated rings.